The van der Waals surface area contributed by atoms with Crippen LogP contribution in [-0.4, -0.2) is 43.0 Å². The Hall–Kier alpha value is -1.46. The molecule has 4 nitrogen and oxygen atoms in total. The van der Waals surface area contributed by atoms with E-state index in [-0.39, 0.29) is 24.3 Å². The molecule has 0 saturated carbocycles. The van der Waals surface area contributed by atoms with Gasteiger partial charge in [0.1, 0.15) is 5.82 Å². The number of benzene rings is 1. The second kappa shape index (κ2) is 8.10. The smallest absolute Gasteiger partial charge is 0.238 e. The molecule has 116 valence electrons. The van der Waals surface area contributed by atoms with E-state index in [0.717, 1.165) is 19.6 Å². The molecule has 1 saturated heterocycles. The predicted molar refractivity (Wildman–Crippen MR) is 82.8 cm³/mol. The van der Waals surface area contributed by atoms with Crippen molar-refractivity contribution in [1.82, 2.24) is 10.2 Å². The van der Waals surface area contributed by atoms with Gasteiger partial charge < -0.3 is 15.5 Å². The Bertz CT molecular complexity index is 461. The molecule has 0 radical (unpaired) electrons. The molecular formula is C16H24FN3O. The fourth-order valence-corrected chi connectivity index (χ4v) is 2.63. The van der Waals surface area contributed by atoms with Crippen LogP contribution in [0.25, 0.3) is 0 Å². The second-order valence-corrected chi connectivity index (χ2v) is 5.70. The maximum absolute atomic E-state index is 13.0. The number of carbonyl (C=O) groups is 1. The lowest BCUT2D eigenvalue weighted by Gasteiger charge is -2.29. The summed E-state index contributed by atoms with van der Waals surface area (Å²) in [7, 11) is 0. The molecule has 1 fully saturated rings. The van der Waals surface area contributed by atoms with Gasteiger partial charge in [-0.15, -0.1) is 0 Å². The fraction of sp³-hybridized carbons (Fsp3) is 0.562. The first-order chi connectivity index (χ1) is 10.1. The minimum atomic E-state index is -0.348. The summed E-state index contributed by atoms with van der Waals surface area (Å²) < 4.78 is 13.0. The van der Waals surface area contributed by atoms with E-state index < -0.39 is 0 Å². The largest absolute Gasteiger partial charge is 0.325 e. The van der Waals surface area contributed by atoms with E-state index in [1.165, 1.54) is 31.4 Å². The van der Waals surface area contributed by atoms with E-state index in [1.54, 1.807) is 12.1 Å². The van der Waals surface area contributed by atoms with E-state index in [4.69, 9.17) is 0 Å². The van der Waals surface area contributed by atoms with E-state index in [2.05, 4.69) is 22.5 Å². The van der Waals surface area contributed by atoms with Crippen molar-refractivity contribution in [3.63, 3.8) is 0 Å². The first kappa shape index (κ1) is 15.9. The maximum Gasteiger partial charge on any atom is 0.238 e. The van der Waals surface area contributed by atoms with Gasteiger partial charge in [-0.1, -0.05) is 12.5 Å². The number of rotatable bonds is 6. The normalized spacial score (nSPS) is 17.4. The molecule has 2 rings (SSSR count). The van der Waals surface area contributed by atoms with Crippen LogP contribution in [0, 0.1) is 5.82 Å². The molecule has 1 aliphatic rings. The number of carbonyl (C=O) groups excluding carboxylic acids is 1. The van der Waals surface area contributed by atoms with Crippen molar-refractivity contribution in [2.75, 3.05) is 31.5 Å². The van der Waals surface area contributed by atoms with E-state index in [9.17, 15) is 9.18 Å². The molecule has 0 aromatic heterocycles. The lowest BCUT2D eigenvalue weighted by molar-refractivity contribution is -0.115. The number of likely N-dealkylation sites (tertiary alicyclic amines) is 1. The Balaban J connectivity index is 1.68. The summed E-state index contributed by atoms with van der Waals surface area (Å²) in [4.78, 5) is 14.2. The van der Waals surface area contributed by atoms with E-state index in [0.29, 0.717) is 5.69 Å². The first-order valence-corrected chi connectivity index (χ1v) is 7.64. The Morgan fingerprint density at radius 2 is 2.10 bits per heavy atom. The van der Waals surface area contributed by atoms with Gasteiger partial charge in [0.15, 0.2) is 0 Å². The zero-order chi connectivity index (χ0) is 15.1. The molecule has 0 bridgehead atoms. The molecule has 0 aliphatic carbocycles. The number of halogens is 1. The lowest BCUT2D eigenvalue weighted by atomic mass is 10.1. The predicted octanol–water partition coefficient (Wildman–Crippen LogP) is 2.23. The zero-order valence-corrected chi connectivity index (χ0v) is 12.6. The molecule has 0 spiro atoms. The standard InChI is InChI=1S/C16H24FN3O/c1-13(12-20-8-3-2-4-9-20)18-11-16(21)19-15-7-5-6-14(17)10-15/h5-7,10,13,18H,2-4,8-9,11-12H2,1H3,(H,19,21). The number of piperidine rings is 1. The summed E-state index contributed by atoms with van der Waals surface area (Å²) in [5, 5.41) is 5.90. The summed E-state index contributed by atoms with van der Waals surface area (Å²) in [6, 6.07) is 6.19. The number of nitrogens with one attached hydrogen (secondary N) is 2. The molecule has 1 aliphatic heterocycles. The van der Waals surface area contributed by atoms with Gasteiger partial charge in [-0.3, -0.25) is 4.79 Å². The third kappa shape index (κ3) is 5.81. The topological polar surface area (TPSA) is 44.4 Å². The van der Waals surface area contributed by atoms with Crippen molar-refractivity contribution in [1.29, 1.82) is 0 Å². The van der Waals surface area contributed by atoms with E-state index >= 15 is 0 Å². The molecule has 2 N–H and O–H groups in total. The first-order valence-electron chi connectivity index (χ1n) is 7.64. The van der Waals surface area contributed by atoms with Crippen LogP contribution >= 0.6 is 0 Å². The zero-order valence-electron chi connectivity index (χ0n) is 12.6. The van der Waals surface area contributed by atoms with Crippen molar-refractivity contribution in [2.45, 2.75) is 32.2 Å². The van der Waals surface area contributed by atoms with Crippen LogP contribution in [0.15, 0.2) is 24.3 Å². The van der Waals surface area contributed by atoms with Crippen LogP contribution in [0.4, 0.5) is 10.1 Å². The summed E-state index contributed by atoms with van der Waals surface area (Å²) >= 11 is 0. The molecule has 1 aromatic carbocycles. The van der Waals surface area contributed by atoms with Gasteiger partial charge in [0.05, 0.1) is 6.54 Å². The molecule has 1 unspecified atom stereocenters. The van der Waals surface area contributed by atoms with Gasteiger partial charge in [0, 0.05) is 18.3 Å². The summed E-state index contributed by atoms with van der Waals surface area (Å²) in [6.45, 7) is 5.60. The monoisotopic (exact) mass is 293 g/mol. The Morgan fingerprint density at radius 3 is 2.81 bits per heavy atom. The Morgan fingerprint density at radius 1 is 1.33 bits per heavy atom. The maximum atomic E-state index is 13.0. The number of nitrogens with zero attached hydrogens (tertiary/aromatic N) is 1. The highest BCUT2D eigenvalue weighted by Gasteiger charge is 2.13. The van der Waals surface area contributed by atoms with Crippen molar-refractivity contribution in [3.8, 4) is 0 Å². The van der Waals surface area contributed by atoms with Crippen LogP contribution in [0.5, 0.6) is 0 Å². The summed E-state index contributed by atoms with van der Waals surface area (Å²) in [5.74, 6) is -0.495. The number of amides is 1. The van der Waals surface area contributed by atoms with Crippen LogP contribution < -0.4 is 10.6 Å². The van der Waals surface area contributed by atoms with Crippen LogP contribution in [-0.2, 0) is 4.79 Å². The molecular weight excluding hydrogens is 269 g/mol. The fourth-order valence-electron chi connectivity index (χ4n) is 2.63. The van der Waals surface area contributed by atoms with Crippen LogP contribution in [0.1, 0.15) is 26.2 Å². The molecule has 21 heavy (non-hydrogen) atoms. The Kier molecular flexibility index (Phi) is 6.14. The molecule has 1 amide bonds. The summed E-state index contributed by atoms with van der Waals surface area (Å²) in [5.41, 5.74) is 0.491. The SMILES string of the molecule is CC(CN1CCCCC1)NCC(=O)Nc1cccc(F)c1. The quantitative estimate of drug-likeness (QED) is 0.845. The van der Waals surface area contributed by atoms with Gasteiger partial charge in [-0.2, -0.15) is 0 Å². The number of hydrogen-bond acceptors (Lipinski definition) is 3. The molecule has 1 aromatic rings. The van der Waals surface area contributed by atoms with Gasteiger partial charge >= 0.3 is 0 Å². The highest BCUT2D eigenvalue weighted by Crippen LogP contribution is 2.09. The number of hydrogen-bond donors (Lipinski definition) is 2. The minimum Gasteiger partial charge on any atom is -0.325 e. The average Bonchev–Trinajstić information content (AvgIpc) is 2.46. The van der Waals surface area contributed by atoms with Gasteiger partial charge in [0.25, 0.3) is 0 Å². The molecule has 1 atom stereocenters. The second-order valence-electron chi connectivity index (χ2n) is 5.70. The van der Waals surface area contributed by atoms with Crippen molar-refractivity contribution < 1.29 is 9.18 Å². The minimum absolute atomic E-state index is 0.147. The number of anilines is 1. The van der Waals surface area contributed by atoms with Gasteiger partial charge in [-0.25, -0.2) is 4.39 Å². The summed E-state index contributed by atoms with van der Waals surface area (Å²) in [6.07, 6.45) is 3.87. The Labute approximate surface area is 125 Å². The third-order valence-corrected chi connectivity index (χ3v) is 3.70. The average molecular weight is 293 g/mol. The highest BCUT2D eigenvalue weighted by molar-refractivity contribution is 5.92. The van der Waals surface area contributed by atoms with Crippen LogP contribution in [0.3, 0.4) is 0 Å². The highest BCUT2D eigenvalue weighted by atomic mass is 19.1. The van der Waals surface area contributed by atoms with Crippen LogP contribution in [0.2, 0.25) is 0 Å². The van der Waals surface area contributed by atoms with Gasteiger partial charge in [-0.05, 0) is 51.1 Å². The van der Waals surface area contributed by atoms with Crippen molar-refractivity contribution >= 4 is 11.6 Å². The molecule has 5 heteroatoms. The van der Waals surface area contributed by atoms with Crippen molar-refractivity contribution in [3.05, 3.63) is 30.1 Å². The third-order valence-electron chi connectivity index (χ3n) is 3.70. The van der Waals surface area contributed by atoms with E-state index in [1.807, 2.05) is 0 Å². The van der Waals surface area contributed by atoms with Crippen molar-refractivity contribution in [2.24, 2.45) is 0 Å². The molecule has 1 heterocycles. The lowest BCUT2D eigenvalue weighted by Crippen LogP contribution is -2.43. The van der Waals surface area contributed by atoms with Gasteiger partial charge in [0.2, 0.25) is 5.91 Å².